The summed E-state index contributed by atoms with van der Waals surface area (Å²) < 4.78 is 32.8. The second-order valence-corrected chi connectivity index (χ2v) is 6.67. The zero-order valence-electron chi connectivity index (χ0n) is 16.5. The Labute approximate surface area is 174 Å². The fourth-order valence-electron chi connectivity index (χ4n) is 3.13. The highest BCUT2D eigenvalue weighted by Crippen LogP contribution is 2.22. The van der Waals surface area contributed by atoms with Crippen LogP contribution in [0, 0.1) is 11.6 Å². The van der Waals surface area contributed by atoms with Crippen LogP contribution < -0.4 is 10.7 Å². The van der Waals surface area contributed by atoms with Crippen LogP contribution in [0.4, 0.5) is 8.78 Å². The number of rotatable bonds is 7. The number of aliphatic hydroxyl groups excluding tert-OH is 1. The zero-order valence-corrected chi connectivity index (χ0v) is 16.5. The summed E-state index contributed by atoms with van der Waals surface area (Å²) in [4.78, 5) is 37.7. The molecule has 3 rings (SSSR count). The van der Waals surface area contributed by atoms with Crippen LogP contribution in [-0.4, -0.2) is 63.6 Å². The summed E-state index contributed by atoms with van der Waals surface area (Å²) in [5, 5.41) is 24.6. The normalized spacial score (nSPS) is 13.9. The number of hydrazine groups is 1. The van der Waals surface area contributed by atoms with Crippen LogP contribution in [0.1, 0.15) is 26.4 Å². The third kappa shape index (κ3) is 4.40. The molecule has 0 atom stereocenters. The van der Waals surface area contributed by atoms with Crippen molar-refractivity contribution in [3.63, 3.8) is 0 Å². The van der Waals surface area contributed by atoms with Crippen molar-refractivity contribution in [2.45, 2.75) is 13.2 Å². The molecule has 0 unspecified atom stereocenters. The Kier molecular flexibility index (Phi) is 6.63. The number of aliphatic hydroxyl groups is 1. The second-order valence-electron chi connectivity index (χ2n) is 6.67. The second kappa shape index (κ2) is 9.20. The maximum absolute atomic E-state index is 13.7. The van der Waals surface area contributed by atoms with Gasteiger partial charge in [0, 0.05) is 31.5 Å². The Morgan fingerprint density at radius 3 is 2.68 bits per heavy atom. The molecule has 0 bridgehead atoms. The van der Waals surface area contributed by atoms with E-state index in [-0.39, 0.29) is 37.6 Å². The van der Waals surface area contributed by atoms with Gasteiger partial charge < -0.3 is 24.8 Å². The van der Waals surface area contributed by atoms with Gasteiger partial charge in [-0.3, -0.25) is 19.4 Å². The van der Waals surface area contributed by atoms with Crippen molar-refractivity contribution in [3.05, 3.63) is 63.1 Å². The van der Waals surface area contributed by atoms with Crippen LogP contribution in [0.15, 0.2) is 29.2 Å². The van der Waals surface area contributed by atoms with E-state index < -0.39 is 46.9 Å². The van der Waals surface area contributed by atoms with Crippen molar-refractivity contribution < 1.29 is 33.3 Å². The molecule has 2 aromatic rings. The number of pyridine rings is 1. The van der Waals surface area contributed by atoms with Gasteiger partial charge in [-0.25, -0.2) is 8.78 Å². The molecule has 1 aliphatic rings. The van der Waals surface area contributed by atoms with Gasteiger partial charge in [-0.05, 0) is 6.07 Å². The standard InChI is InChI=1S/C19H20F2N4O6/c1-31-5-4-25-19(30)15-17(28)16(27)13(8-23(15)9-24(25)10-26)18(29)22-7-11-2-3-12(20)6-14(11)21/h2-3,6,8,26,28H,4-5,7,9-10H2,1H3,(H,22,29). The van der Waals surface area contributed by atoms with E-state index in [1.807, 2.05) is 0 Å². The zero-order chi connectivity index (χ0) is 22.7. The van der Waals surface area contributed by atoms with Crippen molar-refractivity contribution in [1.82, 2.24) is 19.9 Å². The maximum Gasteiger partial charge on any atom is 0.289 e. The summed E-state index contributed by atoms with van der Waals surface area (Å²) in [6.07, 6.45) is 1.07. The largest absolute Gasteiger partial charge is 0.503 e. The van der Waals surface area contributed by atoms with Crippen molar-refractivity contribution >= 4 is 11.8 Å². The van der Waals surface area contributed by atoms with Gasteiger partial charge in [0.05, 0.1) is 19.8 Å². The predicted molar refractivity (Wildman–Crippen MR) is 102 cm³/mol. The van der Waals surface area contributed by atoms with Gasteiger partial charge >= 0.3 is 0 Å². The number of aromatic hydroxyl groups is 1. The Morgan fingerprint density at radius 1 is 1.29 bits per heavy atom. The molecule has 166 valence electrons. The number of carbonyl (C=O) groups is 2. The SMILES string of the molecule is COCCN1C(=O)c2c(O)c(=O)c(C(=O)NCc3ccc(F)cc3F)cn2CN1CO. The Morgan fingerprint density at radius 2 is 2.03 bits per heavy atom. The summed E-state index contributed by atoms with van der Waals surface area (Å²) in [7, 11) is 1.43. The molecule has 0 saturated carbocycles. The number of hydrogen-bond donors (Lipinski definition) is 3. The lowest BCUT2D eigenvalue weighted by molar-refractivity contribution is -0.0965. The molecule has 0 radical (unpaired) electrons. The molecule has 0 spiro atoms. The number of hydrogen-bond acceptors (Lipinski definition) is 7. The lowest BCUT2D eigenvalue weighted by atomic mass is 10.1. The predicted octanol–water partition coefficient (Wildman–Crippen LogP) is -0.0114. The molecule has 10 nitrogen and oxygen atoms in total. The number of nitrogens with one attached hydrogen (secondary N) is 1. The molecule has 0 fully saturated rings. The van der Waals surface area contributed by atoms with E-state index in [4.69, 9.17) is 4.74 Å². The fourth-order valence-corrected chi connectivity index (χ4v) is 3.13. The van der Waals surface area contributed by atoms with E-state index in [0.29, 0.717) is 6.07 Å². The summed E-state index contributed by atoms with van der Waals surface area (Å²) in [6, 6.07) is 2.83. The molecular formula is C19H20F2N4O6. The smallest absolute Gasteiger partial charge is 0.289 e. The summed E-state index contributed by atoms with van der Waals surface area (Å²) in [6.45, 7) is -0.808. The Balaban J connectivity index is 1.89. The average Bonchev–Trinajstić information content (AvgIpc) is 2.74. The van der Waals surface area contributed by atoms with Crippen molar-refractivity contribution in [1.29, 1.82) is 0 Å². The molecule has 1 aliphatic heterocycles. The van der Waals surface area contributed by atoms with Gasteiger partial charge in [0.1, 0.15) is 23.9 Å². The number of fused-ring (bicyclic) bond motifs is 1. The molecular weight excluding hydrogens is 418 g/mol. The fraction of sp³-hybridized carbons (Fsp3) is 0.316. The number of carbonyl (C=O) groups excluding carboxylic acids is 2. The number of benzene rings is 1. The maximum atomic E-state index is 13.7. The number of amides is 2. The lowest BCUT2D eigenvalue weighted by Gasteiger charge is -2.38. The third-order valence-electron chi connectivity index (χ3n) is 4.72. The van der Waals surface area contributed by atoms with E-state index in [1.165, 1.54) is 12.1 Å². The van der Waals surface area contributed by atoms with Crippen LogP contribution in [-0.2, 0) is 18.0 Å². The average molecular weight is 438 g/mol. The highest BCUT2D eigenvalue weighted by molar-refractivity contribution is 5.98. The summed E-state index contributed by atoms with van der Waals surface area (Å²) in [5.74, 6) is -4.25. The molecule has 2 heterocycles. The van der Waals surface area contributed by atoms with E-state index in [9.17, 15) is 33.4 Å². The van der Waals surface area contributed by atoms with E-state index in [1.54, 1.807) is 0 Å². The molecule has 2 amide bonds. The molecule has 3 N–H and O–H groups in total. The van der Waals surface area contributed by atoms with Crippen molar-refractivity contribution in [2.75, 3.05) is 27.0 Å². The van der Waals surface area contributed by atoms with Crippen LogP contribution in [0.3, 0.4) is 0 Å². The first-order chi connectivity index (χ1) is 14.8. The molecule has 1 aromatic carbocycles. The molecule has 0 aliphatic carbocycles. The van der Waals surface area contributed by atoms with Gasteiger partial charge in [-0.1, -0.05) is 6.07 Å². The van der Waals surface area contributed by atoms with Crippen molar-refractivity contribution in [3.8, 4) is 5.75 Å². The highest BCUT2D eigenvalue weighted by atomic mass is 19.1. The molecule has 0 saturated heterocycles. The number of ether oxygens (including phenoxy) is 1. The minimum absolute atomic E-state index is 0.00699. The van der Waals surface area contributed by atoms with Crippen LogP contribution >= 0.6 is 0 Å². The van der Waals surface area contributed by atoms with Gasteiger partial charge in [-0.2, -0.15) is 5.01 Å². The summed E-state index contributed by atoms with van der Waals surface area (Å²) >= 11 is 0. The number of nitrogens with zero attached hydrogens (tertiary/aromatic N) is 3. The van der Waals surface area contributed by atoms with E-state index in [0.717, 1.165) is 27.9 Å². The molecule has 31 heavy (non-hydrogen) atoms. The van der Waals surface area contributed by atoms with Crippen LogP contribution in [0.5, 0.6) is 5.75 Å². The first-order valence-corrected chi connectivity index (χ1v) is 9.13. The number of methoxy groups -OCH3 is 1. The minimum atomic E-state index is -1.08. The molecule has 1 aromatic heterocycles. The van der Waals surface area contributed by atoms with Gasteiger partial charge in [0.25, 0.3) is 11.8 Å². The minimum Gasteiger partial charge on any atom is -0.503 e. The highest BCUT2D eigenvalue weighted by Gasteiger charge is 2.34. The monoisotopic (exact) mass is 438 g/mol. The lowest BCUT2D eigenvalue weighted by Crippen LogP contribution is -2.54. The van der Waals surface area contributed by atoms with Crippen LogP contribution in [0.25, 0.3) is 0 Å². The third-order valence-corrected chi connectivity index (χ3v) is 4.72. The van der Waals surface area contributed by atoms with Gasteiger partial charge in [0.15, 0.2) is 11.4 Å². The Hall–Kier alpha value is -3.35. The van der Waals surface area contributed by atoms with Crippen LogP contribution in [0.2, 0.25) is 0 Å². The first kappa shape index (κ1) is 22.3. The Bertz CT molecular complexity index is 1070. The van der Waals surface area contributed by atoms with Crippen molar-refractivity contribution in [2.24, 2.45) is 0 Å². The number of halogens is 2. The van der Waals surface area contributed by atoms with E-state index >= 15 is 0 Å². The van der Waals surface area contributed by atoms with Gasteiger partial charge in [0.2, 0.25) is 5.43 Å². The van der Waals surface area contributed by atoms with Gasteiger partial charge in [-0.15, -0.1) is 0 Å². The van der Waals surface area contributed by atoms with E-state index in [2.05, 4.69) is 5.32 Å². The first-order valence-electron chi connectivity index (χ1n) is 9.13. The molecule has 12 heteroatoms. The topological polar surface area (TPSA) is 124 Å². The number of aromatic nitrogens is 1. The quantitative estimate of drug-likeness (QED) is 0.555. The summed E-state index contributed by atoms with van der Waals surface area (Å²) in [5.41, 5.74) is -1.92.